The number of nitro benzene ring substituents is 1. The number of amides is 3. The lowest BCUT2D eigenvalue weighted by Crippen LogP contribution is -2.54. The van der Waals surface area contributed by atoms with Gasteiger partial charge >= 0.3 is 0 Å². The Morgan fingerprint density at radius 1 is 1.00 bits per heavy atom. The molecule has 3 amide bonds. The Morgan fingerprint density at radius 2 is 1.65 bits per heavy atom. The number of nitro groups is 1. The van der Waals surface area contributed by atoms with Crippen molar-refractivity contribution in [2.75, 3.05) is 12.0 Å². The van der Waals surface area contributed by atoms with Crippen molar-refractivity contribution < 1.29 is 24.0 Å². The third-order valence-corrected chi connectivity index (χ3v) is 8.68. The number of carbonyl (C=O) groups excluding carboxylic acids is 3. The summed E-state index contributed by atoms with van der Waals surface area (Å²) < 4.78 is 5.42. The standard InChI is InChI=1S/C32H23N5O6/c1-43-25-16-19(37(41)42)10-11-24(25)36-30(39)27-26-20-6-2-4-8-22(20)32(28(27)31(36)40,23-9-5-3-7-21(23)26)17-34-35-29(38)18-12-14-33-15-13-18/h2-17,26-28H,1H3,(H,35,38)/b34-17-/t26?,27-,28-,32?/m0/s1. The SMILES string of the molecule is COc1cc([N+](=O)[O-])ccc1N1C(=O)[C@@H]2[C@@H](C1=O)C1c3ccccc3C2(/C=N\NC(=O)c2ccncc2)c2ccccc21. The first-order chi connectivity index (χ1) is 20.9. The number of methoxy groups -OCH3 is 1. The van der Waals surface area contributed by atoms with Crippen LogP contribution in [0.25, 0.3) is 0 Å². The van der Waals surface area contributed by atoms with Crippen molar-refractivity contribution in [1.29, 1.82) is 0 Å². The molecule has 43 heavy (non-hydrogen) atoms. The molecule has 1 saturated heterocycles. The monoisotopic (exact) mass is 573 g/mol. The smallest absolute Gasteiger partial charge is 0.273 e. The van der Waals surface area contributed by atoms with Crippen molar-refractivity contribution in [2.45, 2.75) is 11.3 Å². The lowest BCUT2D eigenvalue weighted by Gasteiger charge is -2.52. The van der Waals surface area contributed by atoms with Crippen LogP contribution in [0.3, 0.4) is 0 Å². The molecule has 212 valence electrons. The minimum atomic E-state index is -1.20. The summed E-state index contributed by atoms with van der Waals surface area (Å²) in [5, 5.41) is 15.8. The molecule has 1 aromatic heterocycles. The van der Waals surface area contributed by atoms with Gasteiger partial charge in [-0.25, -0.2) is 10.3 Å². The highest BCUT2D eigenvalue weighted by Gasteiger charge is 2.68. The molecule has 1 N–H and O–H groups in total. The van der Waals surface area contributed by atoms with Crippen LogP contribution in [0.1, 0.15) is 38.5 Å². The van der Waals surface area contributed by atoms with Gasteiger partial charge < -0.3 is 4.74 Å². The van der Waals surface area contributed by atoms with Gasteiger partial charge in [0.05, 0.1) is 41.0 Å². The van der Waals surface area contributed by atoms with E-state index in [9.17, 15) is 24.5 Å². The van der Waals surface area contributed by atoms with E-state index in [-0.39, 0.29) is 17.1 Å². The van der Waals surface area contributed by atoms with E-state index in [4.69, 9.17) is 4.74 Å². The van der Waals surface area contributed by atoms with Crippen LogP contribution >= 0.6 is 0 Å². The van der Waals surface area contributed by atoms with E-state index >= 15 is 0 Å². The van der Waals surface area contributed by atoms with E-state index in [2.05, 4.69) is 15.5 Å². The van der Waals surface area contributed by atoms with Crippen LogP contribution in [0, 0.1) is 22.0 Å². The van der Waals surface area contributed by atoms with Gasteiger partial charge in [0, 0.05) is 36.2 Å². The summed E-state index contributed by atoms with van der Waals surface area (Å²) in [5.74, 6) is -3.45. The van der Waals surface area contributed by atoms with Crippen LogP contribution in [0.4, 0.5) is 11.4 Å². The molecule has 1 aliphatic heterocycles. The largest absolute Gasteiger partial charge is 0.494 e. The summed E-state index contributed by atoms with van der Waals surface area (Å²) in [5.41, 5.74) is 5.07. The van der Waals surface area contributed by atoms with Crippen molar-refractivity contribution in [3.63, 3.8) is 0 Å². The fraction of sp³-hybridized carbons (Fsp3) is 0.156. The van der Waals surface area contributed by atoms with Gasteiger partial charge in [0.25, 0.3) is 11.6 Å². The first-order valence-corrected chi connectivity index (χ1v) is 13.5. The maximum absolute atomic E-state index is 14.5. The molecule has 8 rings (SSSR count). The number of ether oxygens (including phenoxy) is 1. The van der Waals surface area contributed by atoms with Crippen LogP contribution in [0.15, 0.2) is 96.4 Å². The van der Waals surface area contributed by atoms with Crippen molar-refractivity contribution in [3.8, 4) is 5.75 Å². The molecule has 2 bridgehead atoms. The van der Waals surface area contributed by atoms with E-state index in [0.29, 0.717) is 5.56 Å². The number of aromatic nitrogens is 1. The van der Waals surface area contributed by atoms with Crippen LogP contribution in [-0.4, -0.2) is 41.0 Å². The second kappa shape index (κ2) is 9.69. The lowest BCUT2D eigenvalue weighted by atomic mass is 9.47. The fourth-order valence-corrected chi connectivity index (χ4v) is 7.01. The van der Waals surface area contributed by atoms with E-state index in [0.717, 1.165) is 27.2 Å². The highest BCUT2D eigenvalue weighted by molar-refractivity contribution is 6.25. The van der Waals surface area contributed by atoms with Crippen molar-refractivity contribution in [2.24, 2.45) is 16.9 Å². The fourth-order valence-electron chi connectivity index (χ4n) is 7.01. The highest BCUT2D eigenvalue weighted by atomic mass is 16.6. The van der Waals surface area contributed by atoms with Crippen molar-refractivity contribution in [1.82, 2.24) is 10.4 Å². The number of hydrogen-bond donors (Lipinski definition) is 1. The molecule has 11 heteroatoms. The van der Waals surface area contributed by atoms with Crippen molar-refractivity contribution >= 4 is 35.3 Å². The van der Waals surface area contributed by atoms with Crippen LogP contribution in [0.2, 0.25) is 0 Å². The van der Waals surface area contributed by atoms with Gasteiger partial charge in [0.1, 0.15) is 5.75 Å². The number of carbonyl (C=O) groups is 3. The number of nitrogens with one attached hydrogen (secondary N) is 1. The summed E-state index contributed by atoms with van der Waals surface area (Å²) in [6.45, 7) is 0. The summed E-state index contributed by atoms with van der Waals surface area (Å²) in [6.07, 6.45) is 4.57. The summed E-state index contributed by atoms with van der Waals surface area (Å²) >= 11 is 0. The molecular weight excluding hydrogens is 550 g/mol. The van der Waals surface area contributed by atoms with E-state index in [1.807, 2.05) is 48.5 Å². The topological polar surface area (TPSA) is 144 Å². The second-order valence-corrected chi connectivity index (χ2v) is 10.6. The normalized spacial score (nSPS) is 23.1. The molecule has 3 aliphatic carbocycles. The first-order valence-electron chi connectivity index (χ1n) is 13.5. The Bertz CT molecular complexity index is 1830. The highest BCUT2D eigenvalue weighted by Crippen LogP contribution is 2.64. The first kappa shape index (κ1) is 26.2. The Morgan fingerprint density at radius 3 is 2.28 bits per heavy atom. The second-order valence-electron chi connectivity index (χ2n) is 10.6. The quantitative estimate of drug-likeness (QED) is 0.159. The summed E-state index contributed by atoms with van der Waals surface area (Å²) in [6, 6.07) is 22.2. The van der Waals surface area contributed by atoms with Crippen LogP contribution < -0.4 is 15.1 Å². The molecule has 0 saturated carbocycles. The number of hydrazone groups is 1. The number of nitrogens with zero attached hydrogens (tertiary/aromatic N) is 4. The molecule has 11 nitrogen and oxygen atoms in total. The van der Waals surface area contributed by atoms with Crippen LogP contribution in [0.5, 0.6) is 5.75 Å². The molecule has 2 atom stereocenters. The van der Waals surface area contributed by atoms with Gasteiger partial charge in [-0.15, -0.1) is 0 Å². The molecule has 4 aromatic rings. The van der Waals surface area contributed by atoms with E-state index < -0.39 is 45.8 Å². The van der Waals surface area contributed by atoms with Gasteiger partial charge in [-0.05, 0) is 40.5 Å². The van der Waals surface area contributed by atoms with Crippen LogP contribution in [-0.2, 0) is 15.0 Å². The number of imide groups is 1. The lowest BCUT2D eigenvalue weighted by molar-refractivity contribution is -0.384. The van der Waals surface area contributed by atoms with Crippen molar-refractivity contribution in [3.05, 3.63) is 129 Å². The zero-order chi connectivity index (χ0) is 29.9. The zero-order valence-electron chi connectivity index (χ0n) is 22.7. The van der Waals surface area contributed by atoms with Gasteiger partial charge in [0.2, 0.25) is 11.8 Å². The Balaban J connectivity index is 1.41. The molecule has 4 aliphatic rings. The van der Waals surface area contributed by atoms with Gasteiger partial charge in [-0.1, -0.05) is 48.5 Å². The van der Waals surface area contributed by atoms with E-state index in [1.54, 1.807) is 18.3 Å². The third kappa shape index (κ3) is 3.64. The Hall–Kier alpha value is -5.71. The maximum Gasteiger partial charge on any atom is 0.273 e. The average molecular weight is 574 g/mol. The molecule has 0 radical (unpaired) electrons. The predicted molar refractivity (Wildman–Crippen MR) is 155 cm³/mol. The molecule has 0 unspecified atom stereocenters. The number of rotatable bonds is 6. The molecule has 0 spiro atoms. The van der Waals surface area contributed by atoms with Gasteiger partial charge in [-0.3, -0.25) is 29.5 Å². The maximum atomic E-state index is 14.5. The predicted octanol–water partition coefficient (Wildman–Crippen LogP) is 3.97. The molecule has 2 heterocycles. The molecule has 1 fully saturated rings. The average Bonchev–Trinajstić information content (AvgIpc) is 3.31. The van der Waals surface area contributed by atoms with E-state index in [1.165, 1.54) is 37.7 Å². The number of pyridine rings is 1. The minimum absolute atomic E-state index is 0.0317. The minimum Gasteiger partial charge on any atom is -0.494 e. The van der Waals surface area contributed by atoms with Gasteiger partial charge in [0.15, 0.2) is 0 Å². The number of hydrogen-bond acceptors (Lipinski definition) is 8. The third-order valence-electron chi connectivity index (χ3n) is 8.68. The summed E-state index contributed by atoms with van der Waals surface area (Å²) in [7, 11) is 1.33. The Kier molecular flexibility index (Phi) is 5.91. The number of anilines is 1. The van der Waals surface area contributed by atoms with Gasteiger partial charge in [-0.2, -0.15) is 5.10 Å². The molecule has 3 aromatic carbocycles. The Labute approximate surface area is 245 Å². The summed E-state index contributed by atoms with van der Waals surface area (Å²) in [4.78, 5) is 57.6. The number of benzene rings is 3. The molecular formula is C32H23N5O6. The zero-order valence-corrected chi connectivity index (χ0v) is 22.7. The number of non-ortho nitro benzene ring substituents is 1.